The van der Waals surface area contributed by atoms with Crippen LogP contribution in [-0.2, 0) is 0 Å². The van der Waals surface area contributed by atoms with Crippen molar-refractivity contribution in [3.63, 3.8) is 0 Å². The molecule has 0 bridgehead atoms. The fourth-order valence-corrected chi connectivity index (χ4v) is 2.76. The molecular formula is C20H21K2N4O2-. The molecule has 28 heavy (non-hydrogen) atoms. The molecule has 0 saturated heterocycles. The van der Waals surface area contributed by atoms with Gasteiger partial charge in [-0.1, -0.05) is 31.2 Å². The number of nitrogens with zero attached hydrogens (tertiary/aromatic N) is 4. The fourth-order valence-electron chi connectivity index (χ4n) is 2.76. The van der Waals surface area contributed by atoms with Crippen LogP contribution in [0.2, 0.25) is 0 Å². The second-order valence-electron chi connectivity index (χ2n) is 6.26. The molecule has 0 aliphatic heterocycles. The van der Waals surface area contributed by atoms with Gasteiger partial charge in [-0.05, 0) is 43.0 Å². The zero-order valence-corrected chi connectivity index (χ0v) is 22.9. The van der Waals surface area contributed by atoms with Crippen molar-refractivity contribution in [1.82, 2.24) is 0 Å². The van der Waals surface area contributed by atoms with Crippen molar-refractivity contribution in [2.45, 2.75) is 32.6 Å². The average Bonchev–Trinajstić information content (AvgIpc) is 2.69. The van der Waals surface area contributed by atoms with Crippen LogP contribution < -0.4 is 103 Å². The summed E-state index contributed by atoms with van der Waals surface area (Å²) in [5, 5.41) is 6.27. The molecule has 0 amide bonds. The monoisotopic (exact) mass is 427 g/mol. The molecule has 2 aromatic rings. The van der Waals surface area contributed by atoms with Gasteiger partial charge in [0.25, 0.3) is 0 Å². The smallest absolute Gasteiger partial charge is 1.00 e. The average molecular weight is 428 g/mol. The maximum atomic E-state index is 12.3. The summed E-state index contributed by atoms with van der Waals surface area (Å²) in [4.78, 5) is 24.6. The van der Waals surface area contributed by atoms with Crippen molar-refractivity contribution in [2.75, 3.05) is 0 Å². The van der Waals surface area contributed by atoms with Crippen LogP contribution in [0.5, 0.6) is 0 Å². The molecule has 0 fully saturated rings. The Balaban J connectivity index is 0. The zero-order chi connectivity index (χ0) is 18.9. The molecular weight excluding hydrogens is 406 g/mol. The van der Waals surface area contributed by atoms with Crippen LogP contribution in [0.1, 0.15) is 54.7 Å². The van der Waals surface area contributed by atoms with Crippen LogP contribution in [0.15, 0.2) is 58.8 Å². The molecule has 0 aliphatic rings. The number of rotatable bonds is 10. The summed E-state index contributed by atoms with van der Waals surface area (Å²) in [5.74, 6) is 0.0151. The zero-order valence-electron chi connectivity index (χ0n) is 17.6. The molecule has 0 atom stereocenters. The third-order valence-electron chi connectivity index (χ3n) is 4.35. The van der Waals surface area contributed by atoms with Gasteiger partial charge in [0.05, 0.1) is 11.4 Å². The van der Waals surface area contributed by atoms with Gasteiger partial charge < -0.3 is 22.7 Å². The molecule has 2 aromatic carbocycles. The van der Waals surface area contributed by atoms with Crippen LogP contribution in [0.4, 0.5) is 11.4 Å². The van der Waals surface area contributed by atoms with E-state index in [1.807, 2.05) is 6.92 Å². The Hall–Kier alpha value is 0.253. The van der Waals surface area contributed by atoms with Crippen LogP contribution in [0, 0.1) is 5.92 Å². The van der Waals surface area contributed by atoms with E-state index >= 15 is 0 Å². The summed E-state index contributed by atoms with van der Waals surface area (Å²) < 4.78 is 0. The van der Waals surface area contributed by atoms with Crippen molar-refractivity contribution >= 4 is 22.9 Å². The number of hydrogen-bond acceptors (Lipinski definition) is 4. The summed E-state index contributed by atoms with van der Waals surface area (Å²) >= 11 is 0. The molecule has 0 heterocycles. The SMILES string of the molecule is CC(CCC(=O)c1ccccc1N=[N-])CCC(=O)c1ccccc1N=[N-].[H-].[K+].[K+]. The molecule has 0 aliphatic carbocycles. The predicted octanol–water partition coefficient (Wildman–Crippen LogP) is 0.375. The third-order valence-corrected chi connectivity index (χ3v) is 4.35. The minimum absolute atomic E-state index is 0. The minimum atomic E-state index is -0.0824. The summed E-state index contributed by atoms with van der Waals surface area (Å²) in [5.41, 5.74) is 19.2. The normalized spacial score (nSPS) is 9.79. The van der Waals surface area contributed by atoms with Gasteiger partial charge in [0, 0.05) is 24.0 Å². The van der Waals surface area contributed by atoms with Gasteiger partial charge in [-0.2, -0.15) is 0 Å². The molecule has 6 nitrogen and oxygen atoms in total. The van der Waals surface area contributed by atoms with Gasteiger partial charge in [-0.15, -0.1) is 0 Å². The van der Waals surface area contributed by atoms with E-state index < -0.39 is 0 Å². The van der Waals surface area contributed by atoms with Gasteiger partial charge in [-0.3, -0.25) is 9.59 Å². The topological polar surface area (TPSA) is 103 Å². The van der Waals surface area contributed by atoms with Gasteiger partial charge in [0.15, 0.2) is 11.6 Å². The second-order valence-corrected chi connectivity index (χ2v) is 6.26. The van der Waals surface area contributed by atoms with Crippen molar-refractivity contribution in [3.05, 3.63) is 70.7 Å². The van der Waals surface area contributed by atoms with Crippen LogP contribution in [0.25, 0.3) is 11.1 Å². The number of Topliss-reactive ketones (excluding diaryl/α,β-unsaturated/α-hetero) is 2. The van der Waals surface area contributed by atoms with Gasteiger partial charge in [0.1, 0.15) is 0 Å². The van der Waals surface area contributed by atoms with E-state index in [-0.39, 0.29) is 133 Å². The van der Waals surface area contributed by atoms with E-state index in [0.717, 1.165) is 0 Å². The molecule has 0 spiro atoms. The van der Waals surface area contributed by atoms with Crippen molar-refractivity contribution in [1.29, 1.82) is 0 Å². The quantitative estimate of drug-likeness (QED) is 0.311. The minimum Gasteiger partial charge on any atom is -1.00 e. The van der Waals surface area contributed by atoms with Gasteiger partial charge >= 0.3 is 103 Å². The second kappa shape index (κ2) is 15.1. The molecule has 0 unspecified atom stereocenters. The number of carbonyl (C=O) groups is 2. The Kier molecular flexibility index (Phi) is 15.3. The summed E-state index contributed by atoms with van der Waals surface area (Å²) in [6.45, 7) is 1.99. The molecule has 2 rings (SSSR count). The first-order valence-corrected chi connectivity index (χ1v) is 8.51. The summed E-state index contributed by atoms with van der Waals surface area (Å²) in [7, 11) is 0. The summed E-state index contributed by atoms with van der Waals surface area (Å²) in [6.07, 6.45) is 1.92. The van der Waals surface area contributed by atoms with E-state index in [9.17, 15) is 9.59 Å². The Morgan fingerprint density at radius 2 is 1.18 bits per heavy atom. The van der Waals surface area contributed by atoms with Crippen molar-refractivity contribution in [2.24, 2.45) is 16.1 Å². The largest absolute Gasteiger partial charge is 1.00 e. The van der Waals surface area contributed by atoms with E-state index in [4.69, 9.17) is 11.1 Å². The Morgan fingerprint density at radius 1 is 0.821 bits per heavy atom. The maximum Gasteiger partial charge on any atom is 1.00 e. The number of ketones is 2. The molecule has 0 aromatic heterocycles. The van der Waals surface area contributed by atoms with E-state index in [0.29, 0.717) is 36.8 Å². The molecule has 136 valence electrons. The number of hydrogen-bond donors (Lipinski definition) is 0. The van der Waals surface area contributed by atoms with E-state index in [1.54, 1.807) is 48.5 Å². The van der Waals surface area contributed by atoms with Crippen LogP contribution in [0.3, 0.4) is 0 Å². The number of carbonyl (C=O) groups excluding carboxylic acids is 2. The van der Waals surface area contributed by atoms with E-state index in [2.05, 4.69) is 10.2 Å². The van der Waals surface area contributed by atoms with Crippen molar-refractivity contribution < 1.29 is 114 Å². The van der Waals surface area contributed by atoms with Crippen LogP contribution in [-0.4, -0.2) is 11.6 Å². The predicted molar refractivity (Wildman–Crippen MR) is 101 cm³/mol. The molecule has 0 saturated carbocycles. The Morgan fingerprint density at radius 3 is 1.54 bits per heavy atom. The van der Waals surface area contributed by atoms with Gasteiger partial charge in [0.2, 0.25) is 0 Å². The first kappa shape index (κ1) is 28.3. The Labute approximate surface area is 252 Å². The summed E-state index contributed by atoms with van der Waals surface area (Å²) in [6, 6.07) is 13.3. The third kappa shape index (κ3) is 8.55. The first-order chi connectivity index (χ1) is 12.6. The standard InChI is InChI=1S/C20H20N4O2.2K.H/c1-14(10-12-19(25)15-6-2-4-8-17(15)23-21)11-13-20(26)16-7-3-5-9-18(16)24-22;;;/h2-9,14H,10-13H2,1H3;;;/q-2;2*+1;-1. The van der Waals surface area contributed by atoms with Crippen LogP contribution >= 0.6 is 0 Å². The molecule has 0 N–H and O–H groups in total. The fraction of sp³-hybridized carbons (Fsp3) is 0.300. The number of benzene rings is 2. The first-order valence-electron chi connectivity index (χ1n) is 8.51. The maximum absolute atomic E-state index is 12.3. The molecule has 8 heteroatoms. The Bertz CT molecular complexity index is 766. The van der Waals surface area contributed by atoms with E-state index in [1.165, 1.54) is 0 Å². The molecule has 0 radical (unpaired) electrons. The van der Waals surface area contributed by atoms with Gasteiger partial charge in [-0.25, -0.2) is 0 Å². The van der Waals surface area contributed by atoms with Crippen molar-refractivity contribution in [3.8, 4) is 0 Å².